The first-order valence-electron chi connectivity index (χ1n) is 12.0. The van der Waals surface area contributed by atoms with E-state index in [2.05, 4.69) is 48.3 Å². The smallest absolute Gasteiger partial charge is 0.273 e. The van der Waals surface area contributed by atoms with Gasteiger partial charge in [0.25, 0.3) is 5.91 Å². The van der Waals surface area contributed by atoms with E-state index in [-0.39, 0.29) is 18.1 Å². The third-order valence-electron chi connectivity index (χ3n) is 6.58. The third-order valence-corrected chi connectivity index (χ3v) is 6.58. The molecule has 178 valence electrons. The molecule has 0 radical (unpaired) electrons. The van der Waals surface area contributed by atoms with E-state index >= 15 is 0 Å². The lowest BCUT2D eigenvalue weighted by molar-refractivity contribution is 0.0495. The summed E-state index contributed by atoms with van der Waals surface area (Å²) in [6.07, 6.45) is 2.94. The average molecular weight is 462 g/mol. The van der Waals surface area contributed by atoms with Crippen LogP contribution in [0.1, 0.15) is 59.4 Å². The molecule has 2 aliphatic heterocycles. The number of hydrogen-bond acceptors (Lipinski definition) is 5. The van der Waals surface area contributed by atoms with Crippen LogP contribution in [0.3, 0.4) is 0 Å². The number of rotatable bonds is 8. The van der Waals surface area contributed by atoms with Crippen LogP contribution in [0.15, 0.2) is 42.5 Å². The van der Waals surface area contributed by atoms with Crippen LogP contribution in [0, 0.1) is 6.92 Å². The summed E-state index contributed by atoms with van der Waals surface area (Å²) in [5.74, 6) is 1.31. The van der Waals surface area contributed by atoms with Gasteiger partial charge in [0.05, 0.1) is 31.6 Å². The molecule has 1 amide bonds. The van der Waals surface area contributed by atoms with Crippen molar-refractivity contribution in [2.45, 2.75) is 45.3 Å². The molecular formula is C27H31N3O4. The van der Waals surface area contributed by atoms with Gasteiger partial charge < -0.3 is 19.1 Å². The molecule has 2 unspecified atom stereocenters. The van der Waals surface area contributed by atoms with E-state index in [1.54, 1.807) is 7.11 Å². The molecule has 1 N–H and O–H groups in total. The Morgan fingerprint density at radius 1 is 1.18 bits per heavy atom. The summed E-state index contributed by atoms with van der Waals surface area (Å²) in [6, 6.07) is 13.9. The van der Waals surface area contributed by atoms with E-state index in [0.717, 1.165) is 48.3 Å². The number of carbonyl (C=O) groups is 1. The Kier molecular flexibility index (Phi) is 6.28. The number of aryl methyl sites for hydroxylation is 1. The van der Waals surface area contributed by atoms with Crippen LogP contribution in [0.2, 0.25) is 0 Å². The van der Waals surface area contributed by atoms with Crippen LogP contribution in [-0.2, 0) is 4.74 Å². The third kappa shape index (κ3) is 4.05. The van der Waals surface area contributed by atoms with Crippen LogP contribution < -0.4 is 9.47 Å². The highest BCUT2D eigenvalue weighted by atomic mass is 16.5. The van der Waals surface area contributed by atoms with Crippen LogP contribution in [0.25, 0.3) is 11.3 Å². The molecule has 2 aliphatic rings. The first-order chi connectivity index (χ1) is 16.6. The van der Waals surface area contributed by atoms with Crippen molar-refractivity contribution in [3.8, 4) is 22.8 Å². The lowest BCUT2D eigenvalue weighted by Crippen LogP contribution is -2.36. The van der Waals surface area contributed by atoms with E-state index in [1.165, 1.54) is 5.56 Å². The van der Waals surface area contributed by atoms with Gasteiger partial charge in [-0.05, 0) is 43.9 Å². The fourth-order valence-electron chi connectivity index (χ4n) is 4.86. The molecule has 0 aliphatic carbocycles. The molecular weight excluding hydrogens is 430 g/mol. The highest BCUT2D eigenvalue weighted by molar-refractivity contribution is 6.00. The zero-order valence-corrected chi connectivity index (χ0v) is 20.0. The molecule has 2 aromatic carbocycles. The molecule has 0 bridgehead atoms. The van der Waals surface area contributed by atoms with Gasteiger partial charge in [-0.25, -0.2) is 0 Å². The molecule has 3 aromatic rings. The fraction of sp³-hybridized carbons (Fsp3) is 0.407. The summed E-state index contributed by atoms with van der Waals surface area (Å²) in [4.78, 5) is 15.5. The fourth-order valence-corrected chi connectivity index (χ4v) is 4.86. The van der Waals surface area contributed by atoms with Crippen molar-refractivity contribution in [3.05, 3.63) is 64.8 Å². The van der Waals surface area contributed by atoms with Gasteiger partial charge in [-0.1, -0.05) is 42.8 Å². The van der Waals surface area contributed by atoms with E-state index in [1.807, 2.05) is 23.1 Å². The lowest BCUT2D eigenvalue weighted by atomic mass is 9.95. The normalized spacial score (nSPS) is 19.5. The molecule has 1 saturated heterocycles. The molecule has 7 nitrogen and oxygen atoms in total. The topological polar surface area (TPSA) is 76.7 Å². The minimum absolute atomic E-state index is 0.0419. The number of amides is 1. The van der Waals surface area contributed by atoms with Gasteiger partial charge in [0.2, 0.25) is 0 Å². The number of nitrogens with zero attached hydrogens (tertiary/aromatic N) is 2. The first kappa shape index (κ1) is 22.5. The first-order valence-corrected chi connectivity index (χ1v) is 12.0. The van der Waals surface area contributed by atoms with Gasteiger partial charge >= 0.3 is 0 Å². The number of carbonyl (C=O) groups excluding carboxylic acids is 1. The molecule has 0 spiro atoms. The van der Waals surface area contributed by atoms with Crippen LogP contribution in [0.4, 0.5) is 0 Å². The van der Waals surface area contributed by atoms with E-state index in [0.29, 0.717) is 30.3 Å². The summed E-state index contributed by atoms with van der Waals surface area (Å²) in [6.45, 7) is 6.03. The Morgan fingerprint density at radius 3 is 2.71 bits per heavy atom. The number of H-pyrrole nitrogens is 1. The Hall–Kier alpha value is -3.32. The number of ether oxygens (including phenoxy) is 3. The molecule has 1 fully saturated rings. The second kappa shape index (κ2) is 9.50. The highest BCUT2D eigenvalue weighted by Crippen LogP contribution is 2.45. The number of fused-ring (bicyclic) bond motifs is 1. The summed E-state index contributed by atoms with van der Waals surface area (Å²) in [7, 11) is 1.64. The van der Waals surface area contributed by atoms with E-state index in [4.69, 9.17) is 14.2 Å². The maximum atomic E-state index is 13.6. The zero-order valence-electron chi connectivity index (χ0n) is 20.0. The Morgan fingerprint density at radius 2 is 2.00 bits per heavy atom. The largest absolute Gasteiger partial charge is 0.493 e. The number of benzene rings is 2. The van der Waals surface area contributed by atoms with Crippen molar-refractivity contribution in [2.75, 3.05) is 26.9 Å². The van der Waals surface area contributed by atoms with E-state index in [9.17, 15) is 4.79 Å². The van der Waals surface area contributed by atoms with Crippen molar-refractivity contribution < 1.29 is 19.0 Å². The maximum Gasteiger partial charge on any atom is 0.273 e. The van der Waals surface area contributed by atoms with Gasteiger partial charge in [0, 0.05) is 24.3 Å². The predicted molar refractivity (Wildman–Crippen MR) is 129 cm³/mol. The van der Waals surface area contributed by atoms with Gasteiger partial charge in [-0.15, -0.1) is 0 Å². The molecule has 2 atom stereocenters. The van der Waals surface area contributed by atoms with Crippen molar-refractivity contribution in [2.24, 2.45) is 0 Å². The zero-order chi connectivity index (χ0) is 23.7. The number of hydrogen-bond donors (Lipinski definition) is 1. The number of methoxy groups -OCH3 is 1. The Labute approximate surface area is 200 Å². The summed E-state index contributed by atoms with van der Waals surface area (Å²) in [5, 5.41) is 7.60. The lowest BCUT2D eigenvalue weighted by Gasteiger charge is -2.29. The number of aromatic nitrogens is 2. The summed E-state index contributed by atoms with van der Waals surface area (Å²) >= 11 is 0. The predicted octanol–water partition coefficient (Wildman–Crippen LogP) is 4.91. The number of nitrogens with one attached hydrogen (secondary N) is 1. The molecule has 1 aromatic heterocycles. The number of aromatic amines is 1. The van der Waals surface area contributed by atoms with Gasteiger partial charge in [-0.2, -0.15) is 5.10 Å². The van der Waals surface area contributed by atoms with Gasteiger partial charge in [0.1, 0.15) is 5.69 Å². The SMILES string of the molecule is CCCOc1ccc(C2c3c(-c4ccc(C)cc4)n[nH]c3C(=O)N2CC2CCCO2)cc1OC. The monoisotopic (exact) mass is 461 g/mol. The van der Waals surface area contributed by atoms with Crippen molar-refractivity contribution in [1.82, 2.24) is 15.1 Å². The molecule has 0 saturated carbocycles. The second-order valence-electron chi connectivity index (χ2n) is 8.98. The second-order valence-corrected chi connectivity index (χ2v) is 8.98. The van der Waals surface area contributed by atoms with Crippen molar-refractivity contribution in [3.63, 3.8) is 0 Å². The average Bonchev–Trinajstić information content (AvgIpc) is 3.58. The minimum atomic E-state index is -0.295. The van der Waals surface area contributed by atoms with Gasteiger partial charge in [0.15, 0.2) is 11.5 Å². The van der Waals surface area contributed by atoms with Crippen LogP contribution in [0.5, 0.6) is 11.5 Å². The van der Waals surface area contributed by atoms with Crippen LogP contribution in [-0.4, -0.2) is 54.0 Å². The molecule has 5 rings (SSSR count). The van der Waals surface area contributed by atoms with Gasteiger partial charge in [-0.3, -0.25) is 9.89 Å². The minimum Gasteiger partial charge on any atom is -0.493 e. The maximum absolute atomic E-state index is 13.6. The highest BCUT2D eigenvalue weighted by Gasteiger charge is 2.43. The molecule has 34 heavy (non-hydrogen) atoms. The quantitative estimate of drug-likeness (QED) is 0.516. The Bertz CT molecular complexity index is 1170. The summed E-state index contributed by atoms with van der Waals surface area (Å²) < 4.78 is 17.4. The van der Waals surface area contributed by atoms with Crippen molar-refractivity contribution >= 4 is 5.91 Å². The van der Waals surface area contributed by atoms with E-state index < -0.39 is 0 Å². The van der Waals surface area contributed by atoms with Crippen molar-refractivity contribution in [1.29, 1.82) is 0 Å². The standard InChI is InChI=1S/C27H31N3O4/c1-4-13-34-21-12-11-19(15-22(21)32-3)26-23-24(18-9-7-17(2)8-10-18)28-29-25(23)27(31)30(26)16-20-6-5-14-33-20/h7-12,15,20,26H,4-6,13-14,16H2,1-3H3,(H,28,29). The van der Waals surface area contributed by atoms with Crippen LogP contribution >= 0.6 is 0 Å². The summed E-state index contributed by atoms with van der Waals surface area (Å²) in [5.41, 5.74) is 5.36. The molecule has 7 heteroatoms. The Balaban J connectivity index is 1.59. The molecule has 3 heterocycles.